The Hall–Kier alpha value is -2.41. The van der Waals surface area contributed by atoms with Crippen LogP contribution in [0.15, 0.2) is 18.2 Å². The first-order chi connectivity index (χ1) is 13.8. The normalized spacial score (nSPS) is 27.7. The van der Waals surface area contributed by atoms with Crippen LogP contribution >= 0.6 is 0 Å². The number of anilines is 1. The fourth-order valence-electron chi connectivity index (χ4n) is 5.71. The largest absolute Gasteiger partial charge is 0.365 e. The van der Waals surface area contributed by atoms with Crippen LogP contribution in [-0.2, 0) is 16.1 Å². The van der Waals surface area contributed by atoms with Crippen LogP contribution in [0.2, 0.25) is 0 Å². The highest BCUT2D eigenvalue weighted by molar-refractivity contribution is 6.05. The Morgan fingerprint density at radius 1 is 1.10 bits per heavy atom. The van der Waals surface area contributed by atoms with Crippen LogP contribution in [0.25, 0.3) is 0 Å². The number of imide groups is 1. The lowest BCUT2D eigenvalue weighted by molar-refractivity contribution is -0.136. The van der Waals surface area contributed by atoms with Gasteiger partial charge in [0.15, 0.2) is 0 Å². The highest BCUT2D eigenvalue weighted by atomic mass is 16.2. The predicted molar refractivity (Wildman–Crippen MR) is 108 cm³/mol. The lowest BCUT2D eigenvalue weighted by atomic mass is 9.58. The van der Waals surface area contributed by atoms with Gasteiger partial charge in [0.1, 0.15) is 6.04 Å². The summed E-state index contributed by atoms with van der Waals surface area (Å²) < 4.78 is 0. The zero-order valence-corrected chi connectivity index (χ0v) is 17.1. The van der Waals surface area contributed by atoms with Crippen molar-refractivity contribution in [1.82, 2.24) is 15.5 Å². The van der Waals surface area contributed by atoms with Gasteiger partial charge in [-0.15, -0.1) is 0 Å². The molecule has 0 radical (unpaired) electrons. The monoisotopic (exact) mass is 396 g/mol. The summed E-state index contributed by atoms with van der Waals surface area (Å²) >= 11 is 0. The third-order valence-electron chi connectivity index (χ3n) is 7.81. The minimum Gasteiger partial charge on any atom is -0.365 e. The quantitative estimate of drug-likeness (QED) is 0.739. The highest BCUT2D eigenvalue weighted by Gasteiger charge is 2.58. The number of nitrogens with one attached hydrogen (secondary N) is 2. The van der Waals surface area contributed by atoms with Gasteiger partial charge in [-0.1, -0.05) is 0 Å². The summed E-state index contributed by atoms with van der Waals surface area (Å²) in [5.74, 6) is -0.734. The molecule has 7 heteroatoms. The van der Waals surface area contributed by atoms with Gasteiger partial charge in [0.2, 0.25) is 11.8 Å². The zero-order chi connectivity index (χ0) is 20.4. The molecule has 1 unspecified atom stereocenters. The molecule has 29 heavy (non-hydrogen) atoms. The van der Waals surface area contributed by atoms with Crippen LogP contribution in [0.5, 0.6) is 0 Å². The van der Waals surface area contributed by atoms with Gasteiger partial charge in [-0.3, -0.25) is 19.7 Å². The molecule has 4 aliphatic rings. The summed E-state index contributed by atoms with van der Waals surface area (Å²) in [4.78, 5) is 40.6. The molecule has 1 spiro atoms. The van der Waals surface area contributed by atoms with Crippen molar-refractivity contribution in [3.05, 3.63) is 29.3 Å². The van der Waals surface area contributed by atoms with E-state index in [1.54, 1.807) is 4.90 Å². The topological polar surface area (TPSA) is 81.8 Å². The molecule has 3 saturated heterocycles. The summed E-state index contributed by atoms with van der Waals surface area (Å²) in [6.07, 6.45) is 3.07. The highest BCUT2D eigenvalue weighted by Crippen LogP contribution is 2.54. The number of piperidine rings is 2. The number of hydrogen-bond acceptors (Lipinski definition) is 5. The summed E-state index contributed by atoms with van der Waals surface area (Å²) in [6, 6.07) is 5.51. The fraction of sp³-hybridized carbons (Fsp3) is 0.591. The molecule has 1 atom stereocenters. The minimum absolute atomic E-state index is 0.0786. The second kappa shape index (κ2) is 6.29. The van der Waals surface area contributed by atoms with Crippen molar-refractivity contribution in [3.8, 4) is 0 Å². The summed E-state index contributed by atoms with van der Waals surface area (Å²) in [7, 11) is 0. The van der Waals surface area contributed by atoms with Gasteiger partial charge in [0.25, 0.3) is 5.91 Å². The van der Waals surface area contributed by atoms with Crippen LogP contribution in [0.3, 0.4) is 0 Å². The molecule has 4 aliphatic heterocycles. The van der Waals surface area contributed by atoms with E-state index in [0.717, 1.165) is 30.9 Å². The average molecular weight is 396 g/mol. The molecule has 3 fully saturated rings. The summed E-state index contributed by atoms with van der Waals surface area (Å²) in [5.41, 5.74) is 3.23. The third kappa shape index (κ3) is 2.63. The Morgan fingerprint density at radius 2 is 1.86 bits per heavy atom. The molecule has 1 aromatic rings. The van der Waals surface area contributed by atoms with E-state index in [2.05, 4.69) is 35.4 Å². The number of benzene rings is 1. The Bertz CT molecular complexity index is 903. The van der Waals surface area contributed by atoms with Gasteiger partial charge in [-0.25, -0.2) is 0 Å². The second-order valence-electron chi connectivity index (χ2n) is 9.42. The van der Waals surface area contributed by atoms with Crippen LogP contribution in [-0.4, -0.2) is 53.8 Å². The maximum absolute atomic E-state index is 12.9. The van der Waals surface area contributed by atoms with Gasteiger partial charge in [-0.2, -0.15) is 0 Å². The first kappa shape index (κ1) is 18.6. The SMILES string of the molecule is CC1(C)N(c2ccc3c(c2)CN(C2CCC(=O)NC2=O)C3=O)CC12CCNCC2. The Labute approximate surface area is 170 Å². The number of carbonyl (C=O) groups excluding carboxylic acids is 3. The van der Waals surface area contributed by atoms with Gasteiger partial charge >= 0.3 is 0 Å². The van der Waals surface area contributed by atoms with E-state index in [0.29, 0.717) is 23.9 Å². The molecule has 5 rings (SSSR count). The van der Waals surface area contributed by atoms with Crippen molar-refractivity contribution in [2.75, 3.05) is 24.5 Å². The minimum atomic E-state index is -0.561. The molecule has 3 amide bonds. The number of rotatable bonds is 2. The molecule has 1 aromatic carbocycles. The van der Waals surface area contributed by atoms with Crippen molar-refractivity contribution in [1.29, 1.82) is 0 Å². The molecule has 0 saturated carbocycles. The lowest BCUT2D eigenvalue weighted by Gasteiger charge is -2.66. The van der Waals surface area contributed by atoms with Crippen LogP contribution in [0, 0.1) is 5.41 Å². The molecular weight excluding hydrogens is 368 g/mol. The number of hydrogen-bond donors (Lipinski definition) is 2. The maximum atomic E-state index is 12.9. The van der Waals surface area contributed by atoms with Crippen molar-refractivity contribution in [2.45, 2.75) is 57.7 Å². The summed E-state index contributed by atoms with van der Waals surface area (Å²) in [6.45, 7) is 8.29. The van der Waals surface area contributed by atoms with Gasteiger partial charge in [0.05, 0.1) is 0 Å². The van der Waals surface area contributed by atoms with Crippen LogP contribution in [0.1, 0.15) is 55.5 Å². The third-order valence-corrected chi connectivity index (χ3v) is 7.81. The molecule has 0 bridgehead atoms. The van der Waals surface area contributed by atoms with E-state index >= 15 is 0 Å². The van der Waals surface area contributed by atoms with Crippen molar-refractivity contribution >= 4 is 23.4 Å². The molecule has 7 nitrogen and oxygen atoms in total. The zero-order valence-electron chi connectivity index (χ0n) is 17.1. The van der Waals surface area contributed by atoms with Gasteiger partial charge < -0.3 is 15.1 Å². The Balaban J connectivity index is 1.37. The van der Waals surface area contributed by atoms with Crippen molar-refractivity contribution in [2.24, 2.45) is 5.41 Å². The number of fused-ring (bicyclic) bond motifs is 1. The summed E-state index contributed by atoms with van der Waals surface area (Å²) in [5, 5.41) is 5.83. The number of carbonyl (C=O) groups is 3. The van der Waals surface area contributed by atoms with Crippen molar-refractivity contribution < 1.29 is 14.4 Å². The predicted octanol–water partition coefficient (Wildman–Crippen LogP) is 1.42. The molecule has 2 N–H and O–H groups in total. The first-order valence-corrected chi connectivity index (χ1v) is 10.6. The molecule has 154 valence electrons. The van der Waals surface area contributed by atoms with E-state index in [9.17, 15) is 14.4 Å². The molecule has 4 heterocycles. The lowest BCUT2D eigenvalue weighted by Crippen LogP contribution is -2.73. The molecule has 0 aromatic heterocycles. The fourth-order valence-corrected chi connectivity index (χ4v) is 5.71. The molecular formula is C22H28N4O3. The standard InChI is InChI=1S/C22H28N4O3/c1-21(2)22(7-9-23-10-8-22)13-26(21)15-3-4-16-14(11-15)12-25(20(16)29)17-5-6-18(27)24-19(17)28/h3-4,11,17,23H,5-10,12-13H2,1-2H3,(H,24,27,28). The van der Waals surface area contributed by atoms with Gasteiger partial charge in [-0.05, 0) is 70.0 Å². The Kier molecular flexibility index (Phi) is 4.04. The van der Waals surface area contributed by atoms with E-state index < -0.39 is 6.04 Å². The maximum Gasteiger partial charge on any atom is 0.255 e. The molecule has 0 aliphatic carbocycles. The van der Waals surface area contributed by atoms with Crippen LogP contribution < -0.4 is 15.5 Å². The van der Waals surface area contributed by atoms with E-state index in [1.165, 1.54) is 12.8 Å². The number of nitrogens with zero attached hydrogens (tertiary/aromatic N) is 2. The smallest absolute Gasteiger partial charge is 0.255 e. The van der Waals surface area contributed by atoms with E-state index in [4.69, 9.17) is 0 Å². The first-order valence-electron chi connectivity index (χ1n) is 10.6. The van der Waals surface area contributed by atoms with E-state index in [-0.39, 0.29) is 29.7 Å². The van der Waals surface area contributed by atoms with E-state index in [1.807, 2.05) is 12.1 Å². The van der Waals surface area contributed by atoms with Crippen LogP contribution in [0.4, 0.5) is 5.69 Å². The van der Waals surface area contributed by atoms with Crippen molar-refractivity contribution in [3.63, 3.8) is 0 Å². The Morgan fingerprint density at radius 3 is 2.55 bits per heavy atom. The second-order valence-corrected chi connectivity index (χ2v) is 9.42. The number of amides is 3. The van der Waals surface area contributed by atoms with Gasteiger partial charge in [0, 0.05) is 41.7 Å². The average Bonchev–Trinajstić information content (AvgIpc) is 3.02.